The second kappa shape index (κ2) is 14.2. The standard InChI is InChI=1S/C16H35N5O.HI/c1-5-15(3)20(4)9-7-18-16(17-6-2)19-8-10-21-11-13-22-14-12-21;/h15H,5-14H2,1-4H3,(H2,17,18,19);1H. The summed E-state index contributed by atoms with van der Waals surface area (Å²) in [5.74, 6) is 0.924. The van der Waals surface area contributed by atoms with Gasteiger partial charge in [0.25, 0.3) is 0 Å². The van der Waals surface area contributed by atoms with E-state index in [2.05, 4.69) is 53.2 Å². The summed E-state index contributed by atoms with van der Waals surface area (Å²) >= 11 is 0. The highest BCUT2D eigenvalue weighted by Gasteiger charge is 2.09. The van der Waals surface area contributed by atoms with Gasteiger partial charge in [-0.2, -0.15) is 0 Å². The molecule has 0 radical (unpaired) electrons. The highest BCUT2D eigenvalue weighted by molar-refractivity contribution is 14.0. The first-order chi connectivity index (χ1) is 10.7. The van der Waals surface area contributed by atoms with Crippen molar-refractivity contribution in [1.29, 1.82) is 0 Å². The van der Waals surface area contributed by atoms with E-state index in [1.165, 1.54) is 6.42 Å². The smallest absolute Gasteiger partial charge is 0.191 e. The van der Waals surface area contributed by atoms with Gasteiger partial charge in [-0.15, -0.1) is 24.0 Å². The van der Waals surface area contributed by atoms with E-state index in [4.69, 9.17) is 4.74 Å². The van der Waals surface area contributed by atoms with E-state index in [-0.39, 0.29) is 24.0 Å². The molecule has 1 aliphatic heterocycles. The zero-order valence-corrected chi connectivity index (χ0v) is 17.6. The third-order valence-electron chi connectivity index (χ3n) is 4.23. The molecule has 1 rings (SSSR count). The molecule has 1 aliphatic rings. The van der Waals surface area contributed by atoms with Crippen molar-refractivity contribution >= 4 is 29.9 Å². The molecule has 6 nitrogen and oxygen atoms in total. The van der Waals surface area contributed by atoms with Crippen LogP contribution in [0.5, 0.6) is 0 Å². The average Bonchev–Trinajstić information content (AvgIpc) is 2.55. The second-order valence-electron chi connectivity index (χ2n) is 5.88. The number of ether oxygens (including phenoxy) is 1. The summed E-state index contributed by atoms with van der Waals surface area (Å²) in [7, 11) is 2.18. The van der Waals surface area contributed by atoms with Crippen molar-refractivity contribution in [3.05, 3.63) is 0 Å². The largest absolute Gasteiger partial charge is 0.379 e. The van der Waals surface area contributed by atoms with Crippen molar-refractivity contribution in [2.24, 2.45) is 4.99 Å². The summed E-state index contributed by atoms with van der Waals surface area (Å²) in [6.07, 6.45) is 1.18. The van der Waals surface area contributed by atoms with Crippen LogP contribution in [-0.2, 0) is 4.74 Å². The molecule has 0 bridgehead atoms. The quantitative estimate of drug-likeness (QED) is 0.320. The summed E-state index contributed by atoms with van der Waals surface area (Å²) < 4.78 is 5.36. The Morgan fingerprint density at radius 2 is 1.96 bits per heavy atom. The lowest BCUT2D eigenvalue weighted by Gasteiger charge is -2.26. The lowest BCUT2D eigenvalue weighted by molar-refractivity contribution is 0.0394. The van der Waals surface area contributed by atoms with Gasteiger partial charge in [-0.05, 0) is 27.3 Å². The average molecular weight is 441 g/mol. The molecule has 1 fully saturated rings. The first-order valence-corrected chi connectivity index (χ1v) is 8.69. The number of hydrogen-bond donors (Lipinski definition) is 2. The van der Waals surface area contributed by atoms with E-state index in [1.54, 1.807) is 0 Å². The number of hydrogen-bond acceptors (Lipinski definition) is 4. The van der Waals surface area contributed by atoms with Crippen LogP contribution in [-0.4, -0.2) is 87.9 Å². The van der Waals surface area contributed by atoms with Gasteiger partial charge in [-0.1, -0.05) is 6.92 Å². The van der Waals surface area contributed by atoms with Crippen LogP contribution >= 0.6 is 24.0 Å². The summed E-state index contributed by atoms with van der Waals surface area (Å²) in [4.78, 5) is 9.45. The van der Waals surface area contributed by atoms with Gasteiger partial charge in [-0.25, -0.2) is 0 Å². The monoisotopic (exact) mass is 441 g/mol. The summed E-state index contributed by atoms with van der Waals surface area (Å²) in [6.45, 7) is 15.0. The maximum absolute atomic E-state index is 5.36. The maximum Gasteiger partial charge on any atom is 0.191 e. The van der Waals surface area contributed by atoms with E-state index >= 15 is 0 Å². The maximum atomic E-state index is 5.36. The number of halogens is 1. The van der Waals surface area contributed by atoms with Crippen LogP contribution in [0.1, 0.15) is 27.2 Å². The lowest BCUT2D eigenvalue weighted by atomic mass is 10.2. The van der Waals surface area contributed by atoms with Gasteiger partial charge in [-0.3, -0.25) is 9.89 Å². The van der Waals surface area contributed by atoms with E-state index in [0.717, 1.165) is 65.0 Å². The minimum atomic E-state index is 0. The molecule has 0 aromatic carbocycles. The van der Waals surface area contributed by atoms with E-state index in [1.807, 2.05) is 0 Å². The van der Waals surface area contributed by atoms with Gasteiger partial charge < -0.3 is 20.3 Å². The van der Waals surface area contributed by atoms with Crippen molar-refractivity contribution < 1.29 is 4.74 Å². The molecule has 2 N–H and O–H groups in total. The van der Waals surface area contributed by atoms with Gasteiger partial charge in [0.1, 0.15) is 0 Å². The minimum absolute atomic E-state index is 0. The van der Waals surface area contributed by atoms with Crippen LogP contribution < -0.4 is 10.6 Å². The molecule has 23 heavy (non-hydrogen) atoms. The fraction of sp³-hybridized carbons (Fsp3) is 0.938. The van der Waals surface area contributed by atoms with Crippen molar-refractivity contribution in [2.45, 2.75) is 33.2 Å². The Morgan fingerprint density at radius 3 is 2.57 bits per heavy atom. The molecule has 0 aromatic heterocycles. The van der Waals surface area contributed by atoms with Crippen molar-refractivity contribution in [1.82, 2.24) is 20.4 Å². The number of nitrogens with zero attached hydrogens (tertiary/aromatic N) is 3. The van der Waals surface area contributed by atoms with E-state index < -0.39 is 0 Å². The molecule has 1 heterocycles. The number of morpholine rings is 1. The van der Waals surface area contributed by atoms with Crippen molar-refractivity contribution in [3.8, 4) is 0 Å². The molecule has 1 unspecified atom stereocenters. The van der Waals surface area contributed by atoms with Crippen LogP contribution in [0.4, 0.5) is 0 Å². The Hall–Kier alpha value is -0.120. The van der Waals surface area contributed by atoms with Gasteiger partial charge >= 0.3 is 0 Å². The van der Waals surface area contributed by atoms with Crippen LogP contribution in [0, 0.1) is 0 Å². The fourth-order valence-electron chi connectivity index (χ4n) is 2.35. The number of likely N-dealkylation sites (N-methyl/N-ethyl adjacent to an activating group) is 1. The highest BCUT2D eigenvalue weighted by Crippen LogP contribution is 1.98. The van der Waals surface area contributed by atoms with Crippen molar-refractivity contribution in [2.75, 3.05) is 66.1 Å². The zero-order valence-electron chi connectivity index (χ0n) is 15.3. The summed E-state index contributed by atoms with van der Waals surface area (Å²) in [6, 6.07) is 0.627. The first kappa shape index (κ1) is 22.9. The van der Waals surface area contributed by atoms with Crippen LogP contribution in [0.25, 0.3) is 0 Å². The second-order valence-corrected chi connectivity index (χ2v) is 5.88. The van der Waals surface area contributed by atoms with Crippen LogP contribution in [0.2, 0.25) is 0 Å². The number of aliphatic imine (C=N–C) groups is 1. The minimum Gasteiger partial charge on any atom is -0.379 e. The normalized spacial score (nSPS) is 17.7. The molecule has 1 saturated heterocycles. The molecule has 138 valence electrons. The van der Waals surface area contributed by atoms with Gasteiger partial charge in [0.05, 0.1) is 19.8 Å². The lowest BCUT2D eigenvalue weighted by Crippen LogP contribution is -2.43. The topological polar surface area (TPSA) is 52.1 Å². The van der Waals surface area contributed by atoms with Crippen LogP contribution in [0.15, 0.2) is 4.99 Å². The molecule has 0 spiro atoms. The summed E-state index contributed by atoms with van der Waals surface area (Å²) in [5, 5.41) is 6.74. The van der Waals surface area contributed by atoms with Crippen molar-refractivity contribution in [3.63, 3.8) is 0 Å². The molecule has 0 aliphatic carbocycles. The molecular weight excluding hydrogens is 405 g/mol. The third kappa shape index (κ3) is 10.4. The molecule has 0 saturated carbocycles. The molecule has 0 aromatic rings. The zero-order chi connectivity index (χ0) is 16.2. The Labute approximate surface area is 159 Å². The Bertz CT molecular complexity index is 311. The molecular formula is C16H36IN5O. The fourth-order valence-corrected chi connectivity index (χ4v) is 2.35. The van der Waals surface area contributed by atoms with Gasteiger partial charge in [0, 0.05) is 45.3 Å². The summed E-state index contributed by atoms with van der Waals surface area (Å²) in [5.41, 5.74) is 0. The number of rotatable bonds is 9. The molecule has 7 heteroatoms. The Balaban J connectivity index is 0.00000484. The van der Waals surface area contributed by atoms with Gasteiger partial charge in [0.15, 0.2) is 5.96 Å². The first-order valence-electron chi connectivity index (χ1n) is 8.69. The Morgan fingerprint density at radius 1 is 1.26 bits per heavy atom. The van der Waals surface area contributed by atoms with E-state index in [0.29, 0.717) is 6.04 Å². The number of nitrogens with one attached hydrogen (secondary N) is 2. The SMILES string of the molecule is CCNC(=NCCN1CCOCC1)NCCN(C)C(C)CC.I. The van der Waals surface area contributed by atoms with E-state index in [9.17, 15) is 0 Å². The molecule has 0 amide bonds. The highest BCUT2D eigenvalue weighted by atomic mass is 127. The predicted molar refractivity (Wildman–Crippen MR) is 109 cm³/mol. The number of guanidine groups is 1. The molecule has 1 atom stereocenters. The van der Waals surface area contributed by atoms with Crippen LogP contribution in [0.3, 0.4) is 0 Å². The van der Waals surface area contributed by atoms with Gasteiger partial charge in [0.2, 0.25) is 0 Å². The Kier molecular flexibility index (Phi) is 14.2. The third-order valence-corrected chi connectivity index (χ3v) is 4.23. The predicted octanol–water partition coefficient (Wildman–Crippen LogP) is 1.22.